The van der Waals surface area contributed by atoms with E-state index in [1.165, 1.54) is 0 Å². The van der Waals surface area contributed by atoms with Gasteiger partial charge in [-0.15, -0.1) is 0 Å². The van der Waals surface area contributed by atoms with Gasteiger partial charge in [0.05, 0.1) is 13.2 Å². The van der Waals surface area contributed by atoms with Gasteiger partial charge < -0.3 is 4.74 Å². The number of Topliss-reactive ketones (excluding diaryl/α,β-unsaturated/α-hetero) is 1. The zero-order chi connectivity index (χ0) is 8.60. The highest BCUT2D eigenvalue weighted by molar-refractivity contribution is 5.79. The Morgan fingerprint density at radius 3 is 2.33 bits per heavy atom. The number of ether oxygens (including phenoxy) is 1. The number of ketones is 1. The molecule has 1 saturated heterocycles. The highest BCUT2D eigenvalue weighted by atomic mass is 16.5. The largest absolute Gasteiger partial charge is 0.380 e. The van der Waals surface area contributed by atoms with Crippen LogP contribution in [0.5, 0.6) is 0 Å². The van der Waals surface area contributed by atoms with Crippen molar-refractivity contribution in [3.05, 3.63) is 0 Å². The summed E-state index contributed by atoms with van der Waals surface area (Å²) >= 11 is 0. The maximum atomic E-state index is 11.0. The van der Waals surface area contributed by atoms with Crippen molar-refractivity contribution in [1.29, 1.82) is 0 Å². The first-order valence-corrected chi connectivity index (χ1v) is 4.80. The summed E-state index contributed by atoms with van der Waals surface area (Å²) in [6.07, 6.45) is 3.80. The van der Waals surface area contributed by atoms with Crippen LogP contribution >= 0.6 is 0 Å². The maximum Gasteiger partial charge on any atom is 0.132 e. The lowest BCUT2D eigenvalue weighted by molar-refractivity contribution is -0.146. The lowest BCUT2D eigenvalue weighted by atomic mass is 9.68. The van der Waals surface area contributed by atoms with Crippen LogP contribution in [0.2, 0.25) is 0 Å². The molecule has 2 heteroatoms. The predicted octanol–water partition coefficient (Wildman–Crippen LogP) is 1.78. The second kappa shape index (κ2) is 2.84. The van der Waals surface area contributed by atoms with E-state index in [2.05, 4.69) is 6.92 Å². The van der Waals surface area contributed by atoms with Gasteiger partial charge in [0.1, 0.15) is 5.78 Å². The van der Waals surface area contributed by atoms with Crippen molar-refractivity contribution in [2.75, 3.05) is 13.2 Å². The van der Waals surface area contributed by atoms with Crippen LogP contribution in [0.15, 0.2) is 0 Å². The van der Waals surface area contributed by atoms with Crippen molar-refractivity contribution in [1.82, 2.24) is 0 Å². The fraction of sp³-hybridized carbons (Fsp3) is 0.900. The second-order valence-electron chi connectivity index (χ2n) is 4.46. The first-order chi connectivity index (χ1) is 5.71. The molecule has 0 aromatic carbocycles. The van der Waals surface area contributed by atoms with Crippen LogP contribution in [0.25, 0.3) is 0 Å². The topological polar surface area (TPSA) is 26.3 Å². The monoisotopic (exact) mass is 168 g/mol. The molecule has 2 aliphatic rings. The third kappa shape index (κ3) is 1.28. The van der Waals surface area contributed by atoms with E-state index >= 15 is 0 Å². The third-order valence-electron chi connectivity index (χ3n) is 3.39. The third-order valence-corrected chi connectivity index (χ3v) is 3.39. The van der Waals surface area contributed by atoms with Gasteiger partial charge in [0.25, 0.3) is 0 Å². The van der Waals surface area contributed by atoms with Gasteiger partial charge >= 0.3 is 0 Å². The summed E-state index contributed by atoms with van der Waals surface area (Å²) in [6.45, 7) is 4.11. The molecule has 1 saturated carbocycles. The second-order valence-corrected chi connectivity index (χ2v) is 4.46. The van der Waals surface area contributed by atoms with Crippen LogP contribution in [0.3, 0.4) is 0 Å². The van der Waals surface area contributed by atoms with Crippen LogP contribution in [0, 0.1) is 11.3 Å². The molecule has 68 valence electrons. The standard InChI is InChI=1S/C10H16O2/c1-10(6-12-7-10)8-2-4-9(11)5-3-8/h8H,2-7H2,1H3. The van der Waals surface area contributed by atoms with Crippen molar-refractivity contribution < 1.29 is 9.53 Å². The van der Waals surface area contributed by atoms with Crippen LogP contribution in [0.1, 0.15) is 32.6 Å². The Hall–Kier alpha value is -0.370. The SMILES string of the molecule is CC1(C2CCC(=O)CC2)COC1. The lowest BCUT2D eigenvalue weighted by Gasteiger charge is -2.45. The fourth-order valence-corrected chi connectivity index (χ4v) is 2.30. The van der Waals surface area contributed by atoms with Crippen molar-refractivity contribution in [2.24, 2.45) is 11.3 Å². The molecule has 0 N–H and O–H groups in total. The quantitative estimate of drug-likeness (QED) is 0.596. The van der Waals surface area contributed by atoms with Gasteiger partial charge in [0, 0.05) is 18.3 Å². The Bertz CT molecular complexity index is 184. The Morgan fingerprint density at radius 1 is 1.33 bits per heavy atom. The summed E-state index contributed by atoms with van der Waals surface area (Å²) in [7, 11) is 0. The highest BCUT2D eigenvalue weighted by Crippen LogP contribution is 2.42. The van der Waals surface area contributed by atoms with Crippen LogP contribution in [0.4, 0.5) is 0 Å². The molecule has 0 bridgehead atoms. The molecule has 1 aliphatic heterocycles. The van der Waals surface area contributed by atoms with E-state index in [0.29, 0.717) is 11.2 Å². The Balaban J connectivity index is 1.92. The van der Waals surface area contributed by atoms with Gasteiger partial charge in [-0.05, 0) is 18.8 Å². The molecule has 0 spiro atoms. The van der Waals surface area contributed by atoms with Crippen molar-refractivity contribution in [2.45, 2.75) is 32.6 Å². The zero-order valence-corrected chi connectivity index (χ0v) is 7.64. The Morgan fingerprint density at radius 2 is 1.92 bits per heavy atom. The van der Waals surface area contributed by atoms with E-state index < -0.39 is 0 Å². The molecule has 0 unspecified atom stereocenters. The Labute approximate surface area is 73.3 Å². The van der Waals surface area contributed by atoms with Gasteiger partial charge in [-0.3, -0.25) is 4.79 Å². The van der Waals surface area contributed by atoms with E-state index in [1.807, 2.05) is 0 Å². The zero-order valence-electron chi connectivity index (χ0n) is 7.64. The Kier molecular flexibility index (Phi) is 1.95. The average molecular weight is 168 g/mol. The van der Waals surface area contributed by atoms with Crippen molar-refractivity contribution in [3.63, 3.8) is 0 Å². The van der Waals surface area contributed by atoms with Gasteiger partial charge in [-0.25, -0.2) is 0 Å². The number of carbonyl (C=O) groups is 1. The van der Waals surface area contributed by atoms with E-state index in [-0.39, 0.29) is 0 Å². The molecule has 1 heterocycles. The number of hydrogen-bond acceptors (Lipinski definition) is 2. The van der Waals surface area contributed by atoms with E-state index in [9.17, 15) is 4.79 Å². The smallest absolute Gasteiger partial charge is 0.132 e. The maximum absolute atomic E-state index is 11.0. The normalized spacial score (nSPS) is 29.9. The van der Waals surface area contributed by atoms with Gasteiger partial charge in [-0.2, -0.15) is 0 Å². The van der Waals surface area contributed by atoms with Crippen LogP contribution < -0.4 is 0 Å². The predicted molar refractivity (Wildman–Crippen MR) is 45.9 cm³/mol. The van der Waals surface area contributed by atoms with Gasteiger partial charge in [0.15, 0.2) is 0 Å². The summed E-state index contributed by atoms with van der Waals surface area (Å²) in [5, 5.41) is 0. The fourth-order valence-electron chi connectivity index (χ4n) is 2.30. The summed E-state index contributed by atoms with van der Waals surface area (Å²) in [4.78, 5) is 11.0. The molecule has 0 amide bonds. The number of hydrogen-bond donors (Lipinski definition) is 0. The average Bonchev–Trinajstić information content (AvgIpc) is 2.02. The molecular formula is C10H16O2. The van der Waals surface area contributed by atoms with Crippen molar-refractivity contribution >= 4 is 5.78 Å². The molecule has 1 aliphatic carbocycles. The summed E-state index contributed by atoms with van der Waals surface area (Å²) in [5.41, 5.74) is 0.403. The molecule has 0 aromatic rings. The molecule has 2 rings (SSSR count). The number of carbonyl (C=O) groups excluding carboxylic acids is 1. The van der Waals surface area contributed by atoms with E-state index in [4.69, 9.17) is 4.74 Å². The van der Waals surface area contributed by atoms with E-state index in [0.717, 1.165) is 44.8 Å². The van der Waals surface area contributed by atoms with Gasteiger partial charge in [0.2, 0.25) is 0 Å². The highest BCUT2D eigenvalue weighted by Gasteiger charge is 2.42. The van der Waals surface area contributed by atoms with Crippen LogP contribution in [-0.4, -0.2) is 19.0 Å². The molecule has 12 heavy (non-hydrogen) atoms. The molecule has 0 radical (unpaired) electrons. The summed E-state index contributed by atoms with van der Waals surface area (Å²) < 4.78 is 5.23. The molecular weight excluding hydrogens is 152 g/mol. The lowest BCUT2D eigenvalue weighted by Crippen LogP contribution is -2.47. The molecule has 2 fully saturated rings. The van der Waals surface area contributed by atoms with Crippen LogP contribution in [-0.2, 0) is 9.53 Å². The summed E-state index contributed by atoms with van der Waals surface area (Å²) in [5.74, 6) is 1.19. The number of rotatable bonds is 1. The van der Waals surface area contributed by atoms with Gasteiger partial charge in [-0.1, -0.05) is 6.92 Å². The minimum absolute atomic E-state index is 0.403. The molecule has 0 aromatic heterocycles. The summed E-state index contributed by atoms with van der Waals surface area (Å²) in [6, 6.07) is 0. The molecule has 2 nitrogen and oxygen atoms in total. The van der Waals surface area contributed by atoms with Crippen molar-refractivity contribution in [3.8, 4) is 0 Å². The first kappa shape index (κ1) is 8.24. The van der Waals surface area contributed by atoms with E-state index in [1.54, 1.807) is 0 Å². The minimum atomic E-state index is 0.403. The first-order valence-electron chi connectivity index (χ1n) is 4.80. The molecule has 0 atom stereocenters. The minimum Gasteiger partial charge on any atom is -0.380 e.